The highest BCUT2D eigenvalue weighted by Crippen LogP contribution is 2.28. The number of nitrogens with one attached hydrogen (secondary N) is 1. The molecule has 2 aromatic rings. The van der Waals surface area contributed by atoms with Gasteiger partial charge in [0.15, 0.2) is 11.6 Å². The van der Waals surface area contributed by atoms with Crippen molar-refractivity contribution in [1.29, 1.82) is 0 Å². The summed E-state index contributed by atoms with van der Waals surface area (Å²) in [7, 11) is 0. The average Bonchev–Trinajstić information content (AvgIpc) is 3.12. The summed E-state index contributed by atoms with van der Waals surface area (Å²) in [6, 6.07) is -0.249. The fourth-order valence-corrected chi connectivity index (χ4v) is 2.84. The van der Waals surface area contributed by atoms with E-state index in [0.29, 0.717) is 37.1 Å². The van der Waals surface area contributed by atoms with Crippen LogP contribution in [0.1, 0.15) is 50.7 Å². The molecule has 3 heterocycles. The van der Waals surface area contributed by atoms with E-state index in [0.717, 1.165) is 12.2 Å². The Bertz CT molecular complexity index is 647. The third kappa shape index (κ3) is 2.58. The van der Waals surface area contributed by atoms with Gasteiger partial charge in [0.05, 0.1) is 13.0 Å². The van der Waals surface area contributed by atoms with E-state index in [1.807, 2.05) is 16.4 Å². The van der Waals surface area contributed by atoms with Crippen LogP contribution in [0.2, 0.25) is 0 Å². The van der Waals surface area contributed by atoms with Gasteiger partial charge in [-0.2, -0.15) is 5.21 Å². The van der Waals surface area contributed by atoms with E-state index in [4.69, 9.17) is 0 Å². The second kappa shape index (κ2) is 5.82. The van der Waals surface area contributed by atoms with Gasteiger partial charge < -0.3 is 9.47 Å². The van der Waals surface area contributed by atoms with Crippen LogP contribution in [-0.2, 0) is 17.8 Å². The summed E-state index contributed by atoms with van der Waals surface area (Å²) in [6.45, 7) is 7.39. The summed E-state index contributed by atoms with van der Waals surface area (Å²) in [6.07, 6.45) is 1.18. The summed E-state index contributed by atoms with van der Waals surface area (Å²) >= 11 is 0. The molecule has 1 aliphatic rings. The van der Waals surface area contributed by atoms with E-state index < -0.39 is 0 Å². The number of H-pyrrole nitrogens is 1. The fraction of sp³-hybridized carbons (Fsp3) is 0.692. The molecule has 0 aromatic carbocycles. The molecule has 118 valence electrons. The number of likely N-dealkylation sites (N-methyl/N-ethyl adjacent to an activating group) is 1. The largest absolute Gasteiger partial charge is 0.334 e. The molecule has 9 heteroatoms. The van der Waals surface area contributed by atoms with Crippen LogP contribution in [0.15, 0.2) is 0 Å². The van der Waals surface area contributed by atoms with E-state index in [2.05, 4.69) is 44.7 Å². The Hall–Kier alpha value is -2.32. The first-order valence-electron chi connectivity index (χ1n) is 7.53. The molecular formula is C13H20N8O. The Labute approximate surface area is 128 Å². The summed E-state index contributed by atoms with van der Waals surface area (Å²) in [5.41, 5.74) is 0. The minimum atomic E-state index is -0.249. The van der Waals surface area contributed by atoms with Crippen molar-refractivity contribution in [1.82, 2.24) is 40.3 Å². The zero-order valence-electron chi connectivity index (χ0n) is 13.0. The first kappa shape index (κ1) is 14.6. The quantitative estimate of drug-likeness (QED) is 0.853. The van der Waals surface area contributed by atoms with Gasteiger partial charge in [0.2, 0.25) is 5.91 Å². The maximum atomic E-state index is 12.7. The number of nitrogens with zero attached hydrogens (tertiary/aromatic N) is 7. The van der Waals surface area contributed by atoms with Crippen LogP contribution >= 0.6 is 0 Å². The molecule has 0 saturated carbocycles. The Balaban J connectivity index is 1.97. The molecule has 0 bridgehead atoms. The lowest BCUT2D eigenvalue weighted by molar-refractivity contribution is -0.137. The predicted molar refractivity (Wildman–Crippen MR) is 76.6 cm³/mol. The number of hydrogen-bond acceptors (Lipinski definition) is 6. The van der Waals surface area contributed by atoms with Crippen molar-refractivity contribution in [2.24, 2.45) is 5.92 Å². The third-order valence-corrected chi connectivity index (χ3v) is 3.86. The Morgan fingerprint density at radius 1 is 1.32 bits per heavy atom. The van der Waals surface area contributed by atoms with Crippen molar-refractivity contribution in [3.63, 3.8) is 0 Å². The average molecular weight is 304 g/mol. The van der Waals surface area contributed by atoms with Crippen LogP contribution in [0.25, 0.3) is 0 Å². The van der Waals surface area contributed by atoms with Crippen LogP contribution in [0.4, 0.5) is 0 Å². The van der Waals surface area contributed by atoms with E-state index >= 15 is 0 Å². The highest BCUT2D eigenvalue weighted by molar-refractivity contribution is 5.81. The molecule has 0 aliphatic carbocycles. The van der Waals surface area contributed by atoms with Gasteiger partial charge in [-0.05, 0) is 19.3 Å². The highest BCUT2D eigenvalue weighted by Gasteiger charge is 2.35. The summed E-state index contributed by atoms with van der Waals surface area (Å²) in [4.78, 5) is 14.5. The smallest absolute Gasteiger partial charge is 0.246 e. The van der Waals surface area contributed by atoms with Crippen LogP contribution < -0.4 is 0 Å². The van der Waals surface area contributed by atoms with Crippen molar-refractivity contribution in [2.75, 3.05) is 6.54 Å². The van der Waals surface area contributed by atoms with Gasteiger partial charge in [0.1, 0.15) is 11.9 Å². The van der Waals surface area contributed by atoms with Crippen LogP contribution in [-0.4, -0.2) is 52.7 Å². The summed E-state index contributed by atoms with van der Waals surface area (Å²) < 4.78 is 1.96. The van der Waals surface area contributed by atoms with Gasteiger partial charge in [-0.3, -0.25) is 4.79 Å². The molecule has 3 rings (SSSR count). The number of hydrogen-bond donors (Lipinski definition) is 1. The lowest BCUT2D eigenvalue weighted by Crippen LogP contribution is -2.43. The maximum Gasteiger partial charge on any atom is 0.246 e. The minimum absolute atomic E-state index is 0.137. The Kier molecular flexibility index (Phi) is 3.86. The number of fused-ring (bicyclic) bond motifs is 1. The summed E-state index contributed by atoms with van der Waals surface area (Å²) in [5, 5.41) is 22.4. The molecule has 2 aromatic heterocycles. The molecular weight excluding hydrogens is 284 g/mol. The van der Waals surface area contributed by atoms with E-state index in [-0.39, 0.29) is 11.9 Å². The van der Waals surface area contributed by atoms with Gasteiger partial charge in [-0.15, -0.1) is 20.4 Å². The molecule has 1 atom stereocenters. The number of aromatic amines is 1. The van der Waals surface area contributed by atoms with Gasteiger partial charge in [-0.25, -0.2) is 0 Å². The normalized spacial score (nSPS) is 18.1. The van der Waals surface area contributed by atoms with Gasteiger partial charge in [-0.1, -0.05) is 19.1 Å². The first-order chi connectivity index (χ1) is 10.6. The van der Waals surface area contributed by atoms with Crippen molar-refractivity contribution in [3.05, 3.63) is 17.5 Å². The highest BCUT2D eigenvalue weighted by atomic mass is 16.2. The van der Waals surface area contributed by atoms with E-state index in [9.17, 15) is 4.79 Å². The molecule has 1 aliphatic heterocycles. The lowest BCUT2D eigenvalue weighted by atomic mass is 10.0. The van der Waals surface area contributed by atoms with Crippen molar-refractivity contribution in [3.8, 4) is 0 Å². The number of carbonyl (C=O) groups excluding carboxylic acids is 1. The Morgan fingerprint density at radius 2 is 2.14 bits per heavy atom. The monoisotopic (exact) mass is 304 g/mol. The van der Waals surface area contributed by atoms with Crippen LogP contribution in [0.3, 0.4) is 0 Å². The zero-order chi connectivity index (χ0) is 15.7. The van der Waals surface area contributed by atoms with Crippen molar-refractivity contribution < 1.29 is 4.79 Å². The maximum absolute atomic E-state index is 12.7. The molecule has 1 N–H and O–H groups in total. The SMILES string of the molecule is CCN1Cc2nnc(Cc3nn[nH]n3)n2[C@@H](CC(C)C)C1=O. The second-order valence-corrected chi connectivity index (χ2v) is 5.91. The molecule has 0 spiro atoms. The third-order valence-electron chi connectivity index (χ3n) is 3.86. The molecule has 0 fully saturated rings. The van der Waals surface area contributed by atoms with Gasteiger partial charge in [0, 0.05) is 6.54 Å². The molecule has 22 heavy (non-hydrogen) atoms. The molecule has 1 amide bonds. The number of carbonyl (C=O) groups is 1. The standard InChI is InChI=1S/C13H20N8O/c1-4-20-7-12-17-16-11(6-10-14-18-19-15-10)21(12)9(13(20)22)5-8(2)3/h8-9H,4-7H2,1-3H3,(H,14,15,18,19)/t9-/m0/s1. The first-order valence-corrected chi connectivity index (χ1v) is 7.53. The molecule has 0 saturated heterocycles. The number of amides is 1. The van der Waals surface area contributed by atoms with Crippen molar-refractivity contribution in [2.45, 2.75) is 46.2 Å². The second-order valence-electron chi connectivity index (χ2n) is 5.91. The summed E-state index contributed by atoms with van der Waals surface area (Å²) in [5.74, 6) is 2.62. The molecule has 9 nitrogen and oxygen atoms in total. The lowest BCUT2D eigenvalue weighted by Gasteiger charge is -2.33. The topological polar surface area (TPSA) is 105 Å². The van der Waals surface area contributed by atoms with Crippen LogP contribution in [0.5, 0.6) is 0 Å². The predicted octanol–water partition coefficient (Wildman–Crippen LogP) is 0.331. The number of rotatable bonds is 5. The fourth-order valence-electron chi connectivity index (χ4n) is 2.84. The molecule has 0 unspecified atom stereocenters. The number of aromatic nitrogens is 7. The minimum Gasteiger partial charge on any atom is -0.334 e. The zero-order valence-corrected chi connectivity index (χ0v) is 13.0. The van der Waals surface area contributed by atoms with Crippen molar-refractivity contribution >= 4 is 5.91 Å². The Morgan fingerprint density at radius 3 is 2.77 bits per heavy atom. The van der Waals surface area contributed by atoms with Crippen LogP contribution in [0, 0.1) is 5.92 Å². The van der Waals surface area contributed by atoms with Gasteiger partial charge in [0.25, 0.3) is 0 Å². The molecule has 0 radical (unpaired) electrons. The van der Waals surface area contributed by atoms with E-state index in [1.165, 1.54) is 0 Å². The van der Waals surface area contributed by atoms with Gasteiger partial charge >= 0.3 is 0 Å². The number of tetrazole rings is 1. The van der Waals surface area contributed by atoms with E-state index in [1.54, 1.807) is 0 Å².